The van der Waals surface area contributed by atoms with Crippen molar-refractivity contribution >= 4 is 28.6 Å². The standard InChI is InChI=1S/C10H12ClN5O3/c11-10-14-8(12)7-9(15-10)16(3-13-7)6-1-4(18)5(2-17)19-6/h3-6,17-18H,1-2H2,(H2,12,14,15)/t4-,5-,6-/m0/s1. The molecule has 4 N–H and O–H groups in total. The minimum absolute atomic E-state index is 0.0176. The molecule has 9 heteroatoms. The largest absolute Gasteiger partial charge is 0.394 e. The van der Waals surface area contributed by atoms with Crippen molar-refractivity contribution in [3.8, 4) is 0 Å². The van der Waals surface area contributed by atoms with Crippen LogP contribution in [0.5, 0.6) is 0 Å². The number of ether oxygens (including phenoxy) is 1. The van der Waals surface area contributed by atoms with Gasteiger partial charge in [0.1, 0.15) is 17.8 Å². The number of hydrogen-bond acceptors (Lipinski definition) is 7. The Morgan fingerprint density at radius 2 is 2.32 bits per heavy atom. The molecule has 0 spiro atoms. The number of imidazole rings is 1. The normalized spacial score (nSPS) is 27.2. The van der Waals surface area contributed by atoms with Crippen LogP contribution in [0.3, 0.4) is 0 Å². The van der Waals surface area contributed by atoms with E-state index in [1.807, 2.05) is 0 Å². The molecule has 1 aliphatic rings. The molecule has 1 aliphatic heterocycles. The first-order valence-electron chi connectivity index (χ1n) is 5.70. The highest BCUT2D eigenvalue weighted by Crippen LogP contribution is 2.31. The summed E-state index contributed by atoms with van der Waals surface area (Å²) in [6.07, 6.45) is 0.0169. The van der Waals surface area contributed by atoms with Crippen LogP contribution in [0, 0.1) is 0 Å². The van der Waals surface area contributed by atoms with Crippen LogP contribution in [-0.2, 0) is 4.74 Å². The van der Waals surface area contributed by atoms with Crippen molar-refractivity contribution in [2.45, 2.75) is 24.9 Å². The Morgan fingerprint density at radius 3 is 3.00 bits per heavy atom. The number of hydrogen-bond donors (Lipinski definition) is 3. The second-order valence-corrected chi connectivity index (χ2v) is 4.65. The van der Waals surface area contributed by atoms with Crippen LogP contribution in [-0.4, -0.2) is 48.5 Å². The van der Waals surface area contributed by atoms with Gasteiger partial charge in [-0.25, -0.2) is 4.98 Å². The van der Waals surface area contributed by atoms with Gasteiger partial charge in [-0.3, -0.25) is 4.57 Å². The van der Waals surface area contributed by atoms with Crippen LogP contribution in [0.4, 0.5) is 5.82 Å². The lowest BCUT2D eigenvalue weighted by Crippen LogP contribution is -2.24. The first-order chi connectivity index (χ1) is 9.10. The fraction of sp³-hybridized carbons (Fsp3) is 0.500. The summed E-state index contributed by atoms with van der Waals surface area (Å²) < 4.78 is 7.16. The number of fused-ring (bicyclic) bond motifs is 1. The average Bonchev–Trinajstić information content (AvgIpc) is 2.92. The number of aliphatic hydroxyl groups is 2. The van der Waals surface area contributed by atoms with E-state index >= 15 is 0 Å². The molecule has 8 nitrogen and oxygen atoms in total. The summed E-state index contributed by atoms with van der Waals surface area (Å²) in [5.74, 6) is 0.186. The van der Waals surface area contributed by atoms with Gasteiger partial charge in [0.15, 0.2) is 11.5 Å². The zero-order valence-corrected chi connectivity index (χ0v) is 10.5. The van der Waals surface area contributed by atoms with Crippen LogP contribution < -0.4 is 5.73 Å². The Hall–Kier alpha value is -1.48. The van der Waals surface area contributed by atoms with Gasteiger partial charge in [-0.05, 0) is 11.6 Å². The zero-order chi connectivity index (χ0) is 13.6. The molecule has 0 aromatic carbocycles. The minimum Gasteiger partial charge on any atom is -0.394 e. The van der Waals surface area contributed by atoms with Gasteiger partial charge in [0, 0.05) is 6.42 Å². The van der Waals surface area contributed by atoms with Gasteiger partial charge in [-0.1, -0.05) is 0 Å². The number of nitrogen functional groups attached to an aromatic ring is 1. The summed E-state index contributed by atoms with van der Waals surface area (Å²) >= 11 is 5.77. The van der Waals surface area contributed by atoms with Crippen LogP contribution in [0.15, 0.2) is 6.33 Å². The van der Waals surface area contributed by atoms with Gasteiger partial charge in [-0.2, -0.15) is 9.97 Å². The van der Waals surface area contributed by atoms with Gasteiger partial charge in [0.2, 0.25) is 5.28 Å². The van der Waals surface area contributed by atoms with Crippen LogP contribution in [0.25, 0.3) is 11.2 Å². The van der Waals surface area contributed by atoms with Crippen molar-refractivity contribution < 1.29 is 14.9 Å². The summed E-state index contributed by atoms with van der Waals surface area (Å²) in [7, 11) is 0. The van der Waals surface area contributed by atoms with Gasteiger partial charge in [-0.15, -0.1) is 0 Å². The van der Waals surface area contributed by atoms with Crippen molar-refractivity contribution in [3.63, 3.8) is 0 Å². The third-order valence-electron chi connectivity index (χ3n) is 3.12. The number of nitrogens with zero attached hydrogens (tertiary/aromatic N) is 4. The molecular weight excluding hydrogens is 274 g/mol. The molecule has 0 amide bonds. The van der Waals surface area contributed by atoms with Crippen LogP contribution in [0.1, 0.15) is 12.6 Å². The van der Waals surface area contributed by atoms with E-state index in [0.717, 1.165) is 0 Å². The Morgan fingerprint density at radius 1 is 1.53 bits per heavy atom. The number of halogens is 1. The Kier molecular flexibility index (Phi) is 3.02. The SMILES string of the molecule is Nc1nc(Cl)nc2c1ncn2[C@@H]1C[C@H](O)[C@H](CO)O1. The molecule has 0 bridgehead atoms. The van der Waals surface area contributed by atoms with Crippen molar-refractivity contribution in [3.05, 3.63) is 11.6 Å². The van der Waals surface area contributed by atoms with E-state index in [-0.39, 0.29) is 17.7 Å². The van der Waals surface area contributed by atoms with Crippen LogP contribution in [0.2, 0.25) is 5.28 Å². The summed E-state index contributed by atoms with van der Waals surface area (Å²) in [5.41, 5.74) is 6.57. The van der Waals surface area contributed by atoms with E-state index in [4.69, 9.17) is 27.2 Å². The highest BCUT2D eigenvalue weighted by atomic mass is 35.5. The lowest BCUT2D eigenvalue weighted by Gasteiger charge is -2.13. The number of anilines is 1. The third-order valence-corrected chi connectivity index (χ3v) is 3.28. The van der Waals surface area contributed by atoms with Crippen LogP contribution >= 0.6 is 11.6 Å². The van der Waals surface area contributed by atoms with Gasteiger partial charge >= 0.3 is 0 Å². The molecule has 2 aromatic heterocycles. The van der Waals surface area contributed by atoms with Crippen molar-refractivity contribution in [2.24, 2.45) is 0 Å². The van der Waals surface area contributed by atoms with Crippen molar-refractivity contribution in [1.29, 1.82) is 0 Å². The first-order valence-corrected chi connectivity index (χ1v) is 6.08. The fourth-order valence-electron chi connectivity index (χ4n) is 2.17. The molecule has 102 valence electrons. The highest BCUT2D eigenvalue weighted by Gasteiger charge is 2.35. The summed E-state index contributed by atoms with van der Waals surface area (Å²) in [6.45, 7) is -0.248. The Bertz CT molecular complexity index is 618. The molecular formula is C10H12ClN5O3. The van der Waals surface area contributed by atoms with Crippen molar-refractivity contribution in [1.82, 2.24) is 19.5 Å². The van der Waals surface area contributed by atoms with Gasteiger partial charge in [0.25, 0.3) is 0 Å². The van der Waals surface area contributed by atoms with E-state index in [1.165, 1.54) is 6.33 Å². The second-order valence-electron chi connectivity index (χ2n) is 4.32. The van der Waals surface area contributed by atoms with E-state index in [1.54, 1.807) is 4.57 Å². The summed E-state index contributed by atoms with van der Waals surface area (Å²) in [6, 6.07) is 0. The summed E-state index contributed by atoms with van der Waals surface area (Å²) in [4.78, 5) is 12.0. The van der Waals surface area contributed by atoms with E-state index in [2.05, 4.69) is 15.0 Å². The third kappa shape index (κ3) is 2.02. The number of aromatic nitrogens is 4. The molecule has 3 atom stereocenters. The smallest absolute Gasteiger partial charge is 0.226 e. The maximum Gasteiger partial charge on any atom is 0.226 e. The van der Waals surface area contributed by atoms with Gasteiger partial charge in [0.05, 0.1) is 19.0 Å². The molecule has 2 aromatic rings. The zero-order valence-electron chi connectivity index (χ0n) is 9.77. The predicted molar refractivity (Wildman–Crippen MR) is 66.4 cm³/mol. The van der Waals surface area contributed by atoms with E-state index < -0.39 is 18.4 Å². The lowest BCUT2D eigenvalue weighted by atomic mass is 10.2. The minimum atomic E-state index is -0.734. The average molecular weight is 286 g/mol. The molecule has 0 unspecified atom stereocenters. The number of aliphatic hydroxyl groups excluding tert-OH is 2. The highest BCUT2D eigenvalue weighted by molar-refractivity contribution is 6.28. The molecule has 3 heterocycles. The predicted octanol–water partition coefficient (Wildman–Crippen LogP) is -0.297. The monoisotopic (exact) mass is 285 g/mol. The van der Waals surface area contributed by atoms with E-state index in [0.29, 0.717) is 17.6 Å². The van der Waals surface area contributed by atoms with E-state index in [9.17, 15) is 5.11 Å². The topological polar surface area (TPSA) is 119 Å². The molecule has 0 radical (unpaired) electrons. The lowest BCUT2D eigenvalue weighted by molar-refractivity contribution is -0.0432. The van der Waals surface area contributed by atoms with Crippen molar-refractivity contribution in [2.75, 3.05) is 12.3 Å². The first kappa shape index (κ1) is 12.5. The summed E-state index contributed by atoms with van der Waals surface area (Å²) in [5, 5.41) is 18.8. The second kappa shape index (κ2) is 4.57. The molecule has 1 saturated heterocycles. The maximum atomic E-state index is 9.74. The quantitative estimate of drug-likeness (QED) is 0.648. The Labute approximate surface area is 112 Å². The van der Waals surface area contributed by atoms with Gasteiger partial charge < -0.3 is 20.7 Å². The number of rotatable bonds is 2. The maximum absolute atomic E-state index is 9.74. The molecule has 3 rings (SSSR count). The fourth-order valence-corrected chi connectivity index (χ4v) is 2.34. The molecule has 0 aliphatic carbocycles. The molecule has 0 saturated carbocycles. The molecule has 19 heavy (non-hydrogen) atoms. The Balaban J connectivity index is 2.02. The molecule has 1 fully saturated rings. The number of nitrogens with two attached hydrogens (primary N) is 1.